The average molecular weight is 417 g/mol. The molecule has 6 nitrogen and oxygen atoms in total. The largest absolute Gasteiger partial charge is 0.481 e. The smallest absolute Gasteiger partial charge is 0.435 e. The summed E-state index contributed by atoms with van der Waals surface area (Å²) in [6.45, 7) is 0. The number of aliphatic carboxylic acids is 1. The number of carbonyl (C=O) groups is 2. The van der Waals surface area contributed by atoms with Crippen LogP contribution in [0.25, 0.3) is 5.69 Å². The molecule has 2 N–H and O–H groups in total. The monoisotopic (exact) mass is 417 g/mol. The number of carboxylic acids is 1. The van der Waals surface area contributed by atoms with Crippen LogP contribution < -0.4 is 5.32 Å². The van der Waals surface area contributed by atoms with Crippen molar-refractivity contribution < 1.29 is 27.9 Å². The van der Waals surface area contributed by atoms with Gasteiger partial charge in [0.05, 0.1) is 12.1 Å². The lowest BCUT2D eigenvalue weighted by Crippen LogP contribution is -2.17. The number of hydrogen-bond acceptors (Lipinski definition) is 3. The van der Waals surface area contributed by atoms with E-state index in [4.69, 9.17) is 5.11 Å². The fraction of sp³-hybridized carbons (Fsp3) is 0.190. The van der Waals surface area contributed by atoms with Crippen molar-refractivity contribution in [3.05, 3.63) is 78.1 Å². The molecule has 0 radical (unpaired) electrons. The number of alkyl halides is 3. The fourth-order valence-electron chi connectivity index (χ4n) is 3.00. The van der Waals surface area contributed by atoms with Gasteiger partial charge in [0.2, 0.25) is 5.91 Å². The van der Waals surface area contributed by atoms with Gasteiger partial charge in [0.1, 0.15) is 0 Å². The molecule has 9 heteroatoms. The van der Waals surface area contributed by atoms with Crippen molar-refractivity contribution in [2.45, 2.75) is 24.9 Å². The number of carboxylic acid groups (broad SMARTS) is 1. The van der Waals surface area contributed by atoms with Crippen LogP contribution in [0, 0.1) is 0 Å². The van der Waals surface area contributed by atoms with Gasteiger partial charge in [-0.05, 0) is 35.9 Å². The standard InChI is InChI=1S/C21H18F3N3O3/c22-21(23,24)18-10-11-27(26-18)17-8-6-16(7-9-17)25-19(28)12-15(13-20(29)30)14-4-2-1-3-5-14/h1-11,15H,12-13H2,(H,25,28)(H,29,30)/t15-/m0/s1. The van der Waals surface area contributed by atoms with E-state index in [2.05, 4.69) is 10.4 Å². The van der Waals surface area contributed by atoms with Gasteiger partial charge in [0.15, 0.2) is 5.69 Å². The highest BCUT2D eigenvalue weighted by molar-refractivity contribution is 5.91. The predicted molar refractivity (Wildman–Crippen MR) is 103 cm³/mol. The Hall–Kier alpha value is -3.62. The topological polar surface area (TPSA) is 84.2 Å². The van der Waals surface area contributed by atoms with Crippen LogP contribution in [0.1, 0.15) is 30.0 Å². The Morgan fingerprint density at radius 3 is 2.23 bits per heavy atom. The Labute approximate surface area is 170 Å². The van der Waals surface area contributed by atoms with Crippen LogP contribution in [0.2, 0.25) is 0 Å². The Morgan fingerprint density at radius 2 is 1.67 bits per heavy atom. The van der Waals surface area contributed by atoms with Crippen LogP contribution >= 0.6 is 0 Å². The Morgan fingerprint density at radius 1 is 1.00 bits per heavy atom. The molecule has 0 bridgehead atoms. The van der Waals surface area contributed by atoms with Crippen molar-refractivity contribution in [2.24, 2.45) is 0 Å². The fourth-order valence-corrected chi connectivity index (χ4v) is 3.00. The van der Waals surface area contributed by atoms with Crippen molar-refractivity contribution in [3.8, 4) is 5.69 Å². The maximum atomic E-state index is 12.7. The van der Waals surface area contributed by atoms with Crippen LogP contribution in [-0.2, 0) is 15.8 Å². The molecule has 1 heterocycles. The minimum atomic E-state index is -4.52. The van der Waals surface area contributed by atoms with Crippen LogP contribution in [0.15, 0.2) is 66.9 Å². The molecular weight excluding hydrogens is 399 g/mol. The average Bonchev–Trinajstić information content (AvgIpc) is 3.19. The molecule has 0 aliphatic rings. The molecule has 2 aromatic carbocycles. The van der Waals surface area contributed by atoms with Crippen molar-refractivity contribution in [2.75, 3.05) is 5.32 Å². The molecule has 0 unspecified atom stereocenters. The number of rotatable bonds is 7. The lowest BCUT2D eigenvalue weighted by molar-refractivity contribution is -0.141. The summed E-state index contributed by atoms with van der Waals surface area (Å²) in [6.07, 6.45) is -3.53. The van der Waals surface area contributed by atoms with E-state index in [0.717, 1.165) is 16.3 Å². The number of carbonyl (C=O) groups excluding carboxylic acids is 1. The molecule has 156 valence electrons. The van der Waals surface area contributed by atoms with Gasteiger partial charge in [0, 0.05) is 24.2 Å². The summed E-state index contributed by atoms with van der Waals surface area (Å²) in [5.74, 6) is -1.84. The van der Waals surface area contributed by atoms with E-state index in [9.17, 15) is 22.8 Å². The summed E-state index contributed by atoms with van der Waals surface area (Å²) in [7, 11) is 0. The van der Waals surface area contributed by atoms with Crippen molar-refractivity contribution in [1.82, 2.24) is 9.78 Å². The first-order chi connectivity index (χ1) is 14.2. The van der Waals surface area contributed by atoms with E-state index in [-0.39, 0.29) is 18.7 Å². The quantitative estimate of drug-likeness (QED) is 0.594. The summed E-state index contributed by atoms with van der Waals surface area (Å²) in [5, 5.41) is 15.3. The Bertz CT molecular complexity index is 1020. The zero-order valence-electron chi connectivity index (χ0n) is 15.6. The highest BCUT2D eigenvalue weighted by Crippen LogP contribution is 2.28. The molecular formula is C21H18F3N3O3. The molecule has 0 saturated heterocycles. The minimum Gasteiger partial charge on any atom is -0.481 e. The second kappa shape index (κ2) is 8.81. The predicted octanol–water partition coefficient (Wildman–Crippen LogP) is 4.48. The third kappa shape index (κ3) is 5.47. The summed E-state index contributed by atoms with van der Waals surface area (Å²) in [4.78, 5) is 23.5. The number of amides is 1. The maximum absolute atomic E-state index is 12.7. The summed E-state index contributed by atoms with van der Waals surface area (Å²) in [5.41, 5.74) is 0.598. The van der Waals surface area contributed by atoms with Gasteiger partial charge in [-0.15, -0.1) is 0 Å². The molecule has 1 aromatic heterocycles. The molecule has 0 saturated carbocycles. The third-order valence-corrected chi connectivity index (χ3v) is 4.42. The molecule has 1 amide bonds. The van der Waals surface area contributed by atoms with Crippen molar-refractivity contribution in [3.63, 3.8) is 0 Å². The number of nitrogens with zero attached hydrogens (tertiary/aromatic N) is 2. The van der Waals surface area contributed by atoms with Gasteiger partial charge in [-0.25, -0.2) is 4.68 Å². The Balaban J connectivity index is 1.66. The zero-order valence-corrected chi connectivity index (χ0v) is 15.6. The normalized spacial score (nSPS) is 12.4. The van der Waals surface area contributed by atoms with Crippen molar-refractivity contribution in [1.29, 1.82) is 0 Å². The SMILES string of the molecule is O=C(O)C[C@H](CC(=O)Nc1ccc(-n2ccc(C(F)(F)F)n2)cc1)c1ccccc1. The van der Waals surface area contributed by atoms with E-state index in [1.165, 1.54) is 30.5 Å². The summed E-state index contributed by atoms with van der Waals surface area (Å²) < 4.78 is 39.1. The second-order valence-corrected chi connectivity index (χ2v) is 6.65. The molecule has 30 heavy (non-hydrogen) atoms. The highest BCUT2D eigenvalue weighted by atomic mass is 19.4. The third-order valence-electron chi connectivity index (χ3n) is 4.42. The number of hydrogen-bond donors (Lipinski definition) is 2. The van der Waals surface area contributed by atoms with E-state index >= 15 is 0 Å². The van der Waals surface area contributed by atoms with E-state index < -0.39 is 23.8 Å². The van der Waals surface area contributed by atoms with E-state index in [0.29, 0.717) is 11.4 Å². The summed E-state index contributed by atoms with van der Waals surface area (Å²) >= 11 is 0. The van der Waals surface area contributed by atoms with Crippen molar-refractivity contribution >= 4 is 17.6 Å². The van der Waals surface area contributed by atoms with Crippen LogP contribution in [0.4, 0.5) is 18.9 Å². The lowest BCUT2D eigenvalue weighted by atomic mass is 9.92. The molecule has 3 aromatic rings. The number of nitrogens with one attached hydrogen (secondary N) is 1. The minimum absolute atomic E-state index is 0.0217. The van der Waals surface area contributed by atoms with E-state index in [1.54, 1.807) is 30.3 Å². The van der Waals surface area contributed by atoms with Gasteiger partial charge < -0.3 is 10.4 Å². The first-order valence-corrected chi connectivity index (χ1v) is 9.02. The molecule has 0 spiro atoms. The Kier molecular flexibility index (Phi) is 6.20. The van der Waals surface area contributed by atoms with E-state index in [1.807, 2.05) is 0 Å². The number of benzene rings is 2. The summed E-state index contributed by atoms with van der Waals surface area (Å²) in [6, 6.07) is 15.9. The first kappa shape index (κ1) is 21.1. The first-order valence-electron chi connectivity index (χ1n) is 9.02. The van der Waals surface area contributed by atoms with Crippen LogP contribution in [0.5, 0.6) is 0 Å². The van der Waals surface area contributed by atoms with Crippen LogP contribution in [0.3, 0.4) is 0 Å². The second-order valence-electron chi connectivity index (χ2n) is 6.65. The van der Waals surface area contributed by atoms with Crippen LogP contribution in [-0.4, -0.2) is 26.8 Å². The van der Waals surface area contributed by atoms with Gasteiger partial charge >= 0.3 is 12.1 Å². The molecule has 1 atom stereocenters. The zero-order chi connectivity index (χ0) is 21.7. The van der Waals surface area contributed by atoms with Gasteiger partial charge in [0.25, 0.3) is 0 Å². The van der Waals surface area contributed by atoms with Gasteiger partial charge in [-0.2, -0.15) is 18.3 Å². The number of aromatic nitrogens is 2. The number of halogens is 3. The molecule has 3 rings (SSSR count). The van der Waals surface area contributed by atoms with Gasteiger partial charge in [-0.3, -0.25) is 9.59 Å². The number of anilines is 1. The highest BCUT2D eigenvalue weighted by Gasteiger charge is 2.33. The molecule has 0 aliphatic carbocycles. The maximum Gasteiger partial charge on any atom is 0.435 e. The lowest BCUT2D eigenvalue weighted by Gasteiger charge is -2.15. The molecule has 0 fully saturated rings. The molecule has 0 aliphatic heterocycles. The van der Waals surface area contributed by atoms with Gasteiger partial charge in [-0.1, -0.05) is 30.3 Å².